The van der Waals surface area contributed by atoms with Crippen molar-refractivity contribution in [3.63, 3.8) is 0 Å². The SMILES string of the molecule is C#CCn1c(=NC(=O)c2cc3ccccc3cc2OC)sc2ccc(Cl)c(C)c21. The van der Waals surface area contributed by atoms with Gasteiger partial charge in [0.1, 0.15) is 5.75 Å². The molecular formula is C23H17ClN2O2S. The summed E-state index contributed by atoms with van der Waals surface area (Å²) in [7, 11) is 1.55. The van der Waals surface area contributed by atoms with Crippen molar-refractivity contribution in [2.75, 3.05) is 7.11 Å². The normalized spacial score (nSPS) is 11.7. The zero-order chi connectivity index (χ0) is 20.5. The Morgan fingerprint density at radius 3 is 2.66 bits per heavy atom. The van der Waals surface area contributed by atoms with Gasteiger partial charge in [0.2, 0.25) is 0 Å². The summed E-state index contributed by atoms with van der Waals surface area (Å²) in [4.78, 5) is 18.0. The lowest BCUT2D eigenvalue weighted by Crippen LogP contribution is -2.17. The maximum absolute atomic E-state index is 13.1. The first kappa shape index (κ1) is 19.3. The Balaban J connectivity index is 1.93. The zero-order valence-electron chi connectivity index (χ0n) is 15.9. The number of rotatable bonds is 3. The van der Waals surface area contributed by atoms with E-state index in [-0.39, 0.29) is 5.91 Å². The highest BCUT2D eigenvalue weighted by Gasteiger charge is 2.16. The first-order valence-corrected chi connectivity index (χ1v) is 10.1. The van der Waals surface area contributed by atoms with Crippen molar-refractivity contribution >= 4 is 49.8 Å². The van der Waals surface area contributed by atoms with Crippen molar-refractivity contribution < 1.29 is 9.53 Å². The number of amides is 1. The molecule has 0 saturated heterocycles. The number of nitrogens with zero attached hydrogens (tertiary/aromatic N) is 2. The summed E-state index contributed by atoms with van der Waals surface area (Å²) in [6, 6.07) is 15.2. The van der Waals surface area contributed by atoms with E-state index in [0.717, 1.165) is 26.6 Å². The maximum atomic E-state index is 13.1. The summed E-state index contributed by atoms with van der Waals surface area (Å²) in [5.74, 6) is 2.75. The van der Waals surface area contributed by atoms with Crippen LogP contribution in [0.15, 0.2) is 53.5 Å². The van der Waals surface area contributed by atoms with Crippen LogP contribution < -0.4 is 9.54 Å². The molecule has 0 spiro atoms. The molecule has 4 nitrogen and oxygen atoms in total. The molecule has 0 aliphatic heterocycles. The Kier molecular flexibility index (Phi) is 5.14. The fourth-order valence-corrected chi connectivity index (χ4v) is 4.58. The van der Waals surface area contributed by atoms with Crippen LogP contribution in [0.5, 0.6) is 5.75 Å². The van der Waals surface area contributed by atoms with Crippen molar-refractivity contribution in [1.29, 1.82) is 0 Å². The van der Waals surface area contributed by atoms with Gasteiger partial charge in [-0.25, -0.2) is 0 Å². The molecule has 3 aromatic carbocycles. The lowest BCUT2D eigenvalue weighted by Gasteiger charge is -2.08. The maximum Gasteiger partial charge on any atom is 0.283 e. The number of terminal acetylenes is 1. The molecule has 1 amide bonds. The predicted octanol–water partition coefficient (Wildman–Crippen LogP) is 5.20. The van der Waals surface area contributed by atoms with Gasteiger partial charge in [-0.1, -0.05) is 53.1 Å². The van der Waals surface area contributed by atoms with Gasteiger partial charge in [0.25, 0.3) is 5.91 Å². The summed E-state index contributed by atoms with van der Waals surface area (Å²) < 4.78 is 8.28. The van der Waals surface area contributed by atoms with Gasteiger partial charge in [-0.15, -0.1) is 6.42 Å². The summed E-state index contributed by atoms with van der Waals surface area (Å²) in [5.41, 5.74) is 2.22. The summed E-state index contributed by atoms with van der Waals surface area (Å²) in [6.45, 7) is 2.23. The van der Waals surface area contributed by atoms with Crippen LogP contribution in [0.25, 0.3) is 21.0 Å². The van der Waals surface area contributed by atoms with Gasteiger partial charge < -0.3 is 9.30 Å². The molecule has 0 aliphatic carbocycles. The lowest BCUT2D eigenvalue weighted by molar-refractivity contribution is 0.0995. The van der Waals surface area contributed by atoms with E-state index in [0.29, 0.717) is 27.7 Å². The number of methoxy groups -OCH3 is 1. The van der Waals surface area contributed by atoms with Gasteiger partial charge in [0, 0.05) is 5.02 Å². The fourth-order valence-electron chi connectivity index (χ4n) is 3.34. The number of thiazole rings is 1. The van der Waals surface area contributed by atoms with Gasteiger partial charge in [-0.3, -0.25) is 4.79 Å². The number of hydrogen-bond donors (Lipinski definition) is 0. The minimum absolute atomic E-state index is 0.294. The molecular weight excluding hydrogens is 404 g/mol. The summed E-state index contributed by atoms with van der Waals surface area (Å²) >= 11 is 7.70. The number of aryl methyl sites for hydroxylation is 1. The van der Waals surface area contributed by atoms with Crippen LogP contribution in [0.4, 0.5) is 0 Å². The van der Waals surface area contributed by atoms with Crippen molar-refractivity contribution in [1.82, 2.24) is 4.57 Å². The van der Waals surface area contributed by atoms with Crippen LogP contribution in [0.3, 0.4) is 0 Å². The van der Waals surface area contributed by atoms with Gasteiger partial charge in [0.05, 0.1) is 29.4 Å². The number of carbonyl (C=O) groups is 1. The topological polar surface area (TPSA) is 43.6 Å². The van der Waals surface area contributed by atoms with Crippen molar-refractivity contribution in [3.05, 3.63) is 69.5 Å². The second-order valence-corrected chi connectivity index (χ2v) is 7.93. The minimum atomic E-state index is -0.381. The van der Waals surface area contributed by atoms with Crippen LogP contribution in [-0.4, -0.2) is 17.6 Å². The van der Waals surface area contributed by atoms with Crippen LogP contribution in [0.2, 0.25) is 5.02 Å². The molecule has 0 bridgehead atoms. The third-order valence-corrected chi connectivity index (χ3v) is 6.23. The highest BCUT2D eigenvalue weighted by Crippen LogP contribution is 2.28. The van der Waals surface area contributed by atoms with Crippen molar-refractivity contribution in [3.8, 4) is 18.1 Å². The monoisotopic (exact) mass is 420 g/mol. The average molecular weight is 421 g/mol. The van der Waals surface area contributed by atoms with Crippen molar-refractivity contribution in [2.45, 2.75) is 13.5 Å². The molecule has 4 aromatic rings. The quantitative estimate of drug-likeness (QED) is 0.427. The Hall–Kier alpha value is -3.07. The van der Waals surface area contributed by atoms with Gasteiger partial charge in [-0.2, -0.15) is 4.99 Å². The first-order chi connectivity index (χ1) is 14.0. The molecule has 1 heterocycles. The average Bonchev–Trinajstić information content (AvgIpc) is 3.07. The summed E-state index contributed by atoms with van der Waals surface area (Å²) in [5, 5.41) is 2.59. The Bertz CT molecular complexity index is 1380. The van der Waals surface area contributed by atoms with Crippen LogP contribution in [0, 0.1) is 19.3 Å². The first-order valence-electron chi connectivity index (χ1n) is 8.91. The molecule has 29 heavy (non-hydrogen) atoms. The highest BCUT2D eigenvalue weighted by atomic mass is 35.5. The van der Waals surface area contributed by atoms with E-state index >= 15 is 0 Å². The molecule has 0 N–H and O–H groups in total. The predicted molar refractivity (Wildman–Crippen MR) is 119 cm³/mol. The second-order valence-electron chi connectivity index (χ2n) is 6.51. The Morgan fingerprint density at radius 1 is 1.24 bits per heavy atom. The number of carbonyl (C=O) groups excluding carboxylic acids is 1. The molecule has 1 aromatic heterocycles. The van der Waals surface area contributed by atoms with Crippen LogP contribution >= 0.6 is 22.9 Å². The molecule has 0 aliphatic rings. The second kappa shape index (κ2) is 7.75. The fraction of sp³-hybridized carbons (Fsp3) is 0.130. The molecule has 0 unspecified atom stereocenters. The number of fused-ring (bicyclic) bond motifs is 2. The van der Waals surface area contributed by atoms with Crippen molar-refractivity contribution in [2.24, 2.45) is 4.99 Å². The van der Waals surface area contributed by atoms with Crippen LogP contribution in [0.1, 0.15) is 15.9 Å². The highest BCUT2D eigenvalue weighted by molar-refractivity contribution is 7.16. The largest absolute Gasteiger partial charge is 0.496 e. The molecule has 0 saturated carbocycles. The van der Waals surface area contributed by atoms with E-state index in [1.54, 1.807) is 13.2 Å². The number of aromatic nitrogens is 1. The summed E-state index contributed by atoms with van der Waals surface area (Å²) in [6.07, 6.45) is 5.57. The van der Waals surface area contributed by atoms with Gasteiger partial charge >= 0.3 is 0 Å². The molecule has 0 radical (unpaired) electrons. The Morgan fingerprint density at radius 2 is 1.97 bits per heavy atom. The van der Waals surface area contributed by atoms with E-state index < -0.39 is 0 Å². The van der Waals surface area contributed by atoms with Crippen LogP contribution in [-0.2, 0) is 6.54 Å². The molecule has 0 atom stereocenters. The Labute approximate surface area is 177 Å². The zero-order valence-corrected chi connectivity index (χ0v) is 17.5. The van der Waals surface area contributed by atoms with E-state index in [4.69, 9.17) is 22.8 Å². The number of halogens is 1. The standard InChI is InChI=1S/C23H17ClN2O2S/c1-4-11-26-21-14(2)18(24)9-10-20(21)29-23(26)25-22(27)17-12-15-7-5-6-8-16(15)13-19(17)28-3/h1,5-10,12-13H,11H2,2-3H3. The third kappa shape index (κ3) is 3.42. The van der Waals surface area contributed by atoms with E-state index in [1.165, 1.54) is 11.3 Å². The van der Waals surface area contributed by atoms with E-state index in [1.807, 2.05) is 54.0 Å². The lowest BCUT2D eigenvalue weighted by atomic mass is 10.1. The van der Waals surface area contributed by atoms with E-state index in [2.05, 4.69) is 10.9 Å². The number of benzene rings is 3. The number of ether oxygens (including phenoxy) is 1. The number of hydrogen-bond acceptors (Lipinski definition) is 3. The molecule has 6 heteroatoms. The van der Waals surface area contributed by atoms with Gasteiger partial charge in [0.15, 0.2) is 4.80 Å². The smallest absolute Gasteiger partial charge is 0.283 e. The van der Waals surface area contributed by atoms with Gasteiger partial charge in [-0.05, 0) is 47.5 Å². The molecule has 4 rings (SSSR count). The van der Waals surface area contributed by atoms with E-state index in [9.17, 15) is 4.79 Å². The molecule has 0 fully saturated rings. The third-order valence-electron chi connectivity index (χ3n) is 4.77. The minimum Gasteiger partial charge on any atom is -0.496 e. The molecule has 144 valence electrons.